The number of likely N-dealkylation sites (N-methyl/N-ethyl adjacent to an activating group) is 1. The maximum Gasteiger partial charge on any atom is 0.240 e. The van der Waals surface area contributed by atoms with Crippen LogP contribution in [0.3, 0.4) is 0 Å². The van der Waals surface area contributed by atoms with Crippen LogP contribution in [-0.4, -0.2) is 40.0 Å². The Hall–Kier alpha value is -1.11. The molecule has 1 aromatic rings. The average Bonchev–Trinajstić information content (AvgIpc) is 2.30. The van der Waals surface area contributed by atoms with Gasteiger partial charge < -0.3 is 10.6 Å². The largest absolute Gasteiger partial charge is 0.399 e. The van der Waals surface area contributed by atoms with Crippen LogP contribution in [0.25, 0.3) is 0 Å². The quantitative estimate of drug-likeness (QED) is 0.779. The van der Waals surface area contributed by atoms with E-state index in [4.69, 9.17) is 5.73 Å². The van der Waals surface area contributed by atoms with Crippen LogP contribution >= 0.6 is 0 Å². The van der Waals surface area contributed by atoms with Gasteiger partial charge in [0.25, 0.3) is 0 Å². The molecule has 20 heavy (non-hydrogen) atoms. The summed E-state index contributed by atoms with van der Waals surface area (Å²) in [4.78, 5) is 2.23. The normalized spacial score (nSPS) is 13.9. The lowest BCUT2D eigenvalue weighted by Gasteiger charge is -2.25. The van der Waals surface area contributed by atoms with Crippen LogP contribution in [0, 0.1) is 12.8 Å². The molecule has 0 aromatic heterocycles. The van der Waals surface area contributed by atoms with Gasteiger partial charge in [-0.25, -0.2) is 13.1 Å². The van der Waals surface area contributed by atoms with Crippen molar-refractivity contribution in [2.75, 3.05) is 26.4 Å². The molecule has 6 heteroatoms. The van der Waals surface area contributed by atoms with E-state index in [0.717, 1.165) is 5.56 Å². The number of benzene rings is 1. The minimum atomic E-state index is -3.52. The fourth-order valence-electron chi connectivity index (χ4n) is 1.86. The Labute approximate surface area is 122 Å². The SMILES string of the molecule is Cc1cc(S(=O)(=O)NC(CN(C)C)C(C)C)ccc1N. The van der Waals surface area contributed by atoms with Gasteiger partial charge in [0.1, 0.15) is 0 Å². The summed E-state index contributed by atoms with van der Waals surface area (Å²) in [5, 5.41) is 0. The van der Waals surface area contributed by atoms with Crippen molar-refractivity contribution < 1.29 is 8.42 Å². The Morgan fingerprint density at radius 3 is 2.35 bits per heavy atom. The van der Waals surface area contributed by atoms with Crippen LogP contribution in [0.15, 0.2) is 23.1 Å². The fraction of sp³-hybridized carbons (Fsp3) is 0.571. The van der Waals surface area contributed by atoms with Crippen molar-refractivity contribution in [2.24, 2.45) is 5.92 Å². The highest BCUT2D eigenvalue weighted by molar-refractivity contribution is 7.89. The Balaban J connectivity index is 3.00. The van der Waals surface area contributed by atoms with Crippen molar-refractivity contribution in [2.45, 2.75) is 31.7 Å². The molecule has 1 atom stereocenters. The lowest BCUT2D eigenvalue weighted by molar-refractivity contribution is 0.314. The van der Waals surface area contributed by atoms with Gasteiger partial charge in [-0.15, -0.1) is 0 Å². The van der Waals surface area contributed by atoms with Crippen LogP contribution in [0.2, 0.25) is 0 Å². The summed E-state index contributed by atoms with van der Waals surface area (Å²) < 4.78 is 27.6. The molecule has 0 aliphatic carbocycles. The smallest absolute Gasteiger partial charge is 0.240 e. The van der Waals surface area contributed by atoms with Crippen molar-refractivity contribution in [1.82, 2.24) is 9.62 Å². The van der Waals surface area contributed by atoms with Crippen LogP contribution < -0.4 is 10.5 Å². The lowest BCUT2D eigenvalue weighted by Crippen LogP contribution is -2.44. The maximum atomic E-state index is 12.4. The number of hydrogen-bond donors (Lipinski definition) is 2. The molecule has 0 fully saturated rings. The number of hydrogen-bond acceptors (Lipinski definition) is 4. The highest BCUT2D eigenvalue weighted by Gasteiger charge is 2.23. The second-order valence-corrected chi connectivity index (χ2v) is 7.47. The Morgan fingerprint density at radius 2 is 1.90 bits per heavy atom. The third-order valence-corrected chi connectivity index (χ3v) is 4.71. The molecule has 0 saturated carbocycles. The summed E-state index contributed by atoms with van der Waals surface area (Å²) in [5.74, 6) is 0.210. The van der Waals surface area contributed by atoms with E-state index in [2.05, 4.69) is 4.72 Å². The summed E-state index contributed by atoms with van der Waals surface area (Å²) in [5.41, 5.74) is 7.09. The molecule has 0 bridgehead atoms. The van der Waals surface area contributed by atoms with Gasteiger partial charge in [0.15, 0.2) is 0 Å². The number of nitrogens with one attached hydrogen (secondary N) is 1. The first-order chi connectivity index (χ1) is 9.13. The van der Waals surface area contributed by atoms with Crippen molar-refractivity contribution in [3.05, 3.63) is 23.8 Å². The number of nitrogen functional groups attached to an aromatic ring is 1. The van der Waals surface area contributed by atoms with Gasteiger partial charge in [0.05, 0.1) is 4.90 Å². The molecular weight excluding hydrogens is 274 g/mol. The third kappa shape index (κ3) is 4.47. The van der Waals surface area contributed by atoms with Crippen LogP contribution in [0.5, 0.6) is 0 Å². The zero-order valence-corrected chi connectivity index (χ0v) is 13.7. The average molecular weight is 299 g/mol. The summed E-state index contributed by atoms with van der Waals surface area (Å²) in [7, 11) is 0.334. The predicted octanol–water partition coefficient (Wildman–Crippen LogP) is 1.44. The molecular formula is C14H25N3O2S. The van der Waals surface area contributed by atoms with E-state index >= 15 is 0 Å². The van der Waals surface area contributed by atoms with Crippen molar-refractivity contribution >= 4 is 15.7 Å². The highest BCUT2D eigenvalue weighted by atomic mass is 32.2. The van der Waals surface area contributed by atoms with E-state index < -0.39 is 10.0 Å². The Bertz CT molecular complexity index is 554. The number of anilines is 1. The molecule has 0 radical (unpaired) electrons. The number of rotatable bonds is 6. The lowest BCUT2D eigenvalue weighted by atomic mass is 10.1. The zero-order valence-electron chi connectivity index (χ0n) is 12.8. The summed E-state index contributed by atoms with van der Waals surface area (Å²) in [6.07, 6.45) is 0. The molecule has 5 nitrogen and oxygen atoms in total. The molecule has 3 N–H and O–H groups in total. The Kier molecular flexibility index (Phi) is 5.56. The van der Waals surface area contributed by atoms with Gasteiger partial charge in [0, 0.05) is 18.3 Å². The zero-order chi connectivity index (χ0) is 15.5. The van der Waals surface area contributed by atoms with E-state index in [0.29, 0.717) is 12.2 Å². The standard InChI is InChI=1S/C14H25N3O2S/c1-10(2)14(9-17(4)5)16-20(18,19)12-6-7-13(15)11(3)8-12/h6-8,10,14,16H,9,15H2,1-5H3. The van der Waals surface area contributed by atoms with Crippen LogP contribution in [0.1, 0.15) is 19.4 Å². The molecule has 0 aliphatic heterocycles. The predicted molar refractivity (Wildman–Crippen MR) is 83.1 cm³/mol. The minimum Gasteiger partial charge on any atom is -0.399 e. The first-order valence-electron chi connectivity index (χ1n) is 6.66. The molecule has 0 heterocycles. The summed E-state index contributed by atoms with van der Waals surface area (Å²) >= 11 is 0. The first kappa shape index (κ1) is 16.9. The van der Waals surface area contributed by atoms with Gasteiger partial charge >= 0.3 is 0 Å². The van der Waals surface area contributed by atoms with E-state index in [-0.39, 0.29) is 16.9 Å². The monoisotopic (exact) mass is 299 g/mol. The maximum absolute atomic E-state index is 12.4. The number of sulfonamides is 1. The van der Waals surface area contributed by atoms with Gasteiger partial charge in [-0.1, -0.05) is 13.8 Å². The van der Waals surface area contributed by atoms with Crippen LogP contribution in [0.4, 0.5) is 5.69 Å². The van der Waals surface area contributed by atoms with Crippen molar-refractivity contribution in [3.63, 3.8) is 0 Å². The summed E-state index contributed by atoms with van der Waals surface area (Å²) in [6, 6.07) is 4.63. The number of nitrogens with zero attached hydrogens (tertiary/aromatic N) is 1. The van der Waals surface area contributed by atoms with Gasteiger partial charge in [-0.05, 0) is 50.7 Å². The summed E-state index contributed by atoms with van der Waals surface area (Å²) in [6.45, 7) is 6.47. The molecule has 1 aromatic carbocycles. The van der Waals surface area contributed by atoms with E-state index in [1.165, 1.54) is 6.07 Å². The third-order valence-electron chi connectivity index (χ3n) is 3.22. The highest BCUT2D eigenvalue weighted by Crippen LogP contribution is 2.18. The van der Waals surface area contributed by atoms with Gasteiger partial charge in [-0.2, -0.15) is 0 Å². The van der Waals surface area contributed by atoms with Gasteiger partial charge in [0.2, 0.25) is 10.0 Å². The minimum absolute atomic E-state index is 0.132. The first-order valence-corrected chi connectivity index (χ1v) is 8.15. The Morgan fingerprint density at radius 1 is 1.30 bits per heavy atom. The fourth-order valence-corrected chi connectivity index (χ4v) is 3.32. The molecule has 0 saturated heterocycles. The van der Waals surface area contributed by atoms with E-state index in [1.54, 1.807) is 19.1 Å². The molecule has 1 unspecified atom stereocenters. The topological polar surface area (TPSA) is 75.4 Å². The van der Waals surface area contributed by atoms with E-state index in [9.17, 15) is 8.42 Å². The van der Waals surface area contributed by atoms with Crippen molar-refractivity contribution in [3.8, 4) is 0 Å². The molecule has 0 aliphatic rings. The molecule has 0 amide bonds. The second-order valence-electron chi connectivity index (χ2n) is 5.75. The van der Waals surface area contributed by atoms with Gasteiger partial charge in [-0.3, -0.25) is 0 Å². The molecule has 114 valence electrons. The van der Waals surface area contributed by atoms with Crippen LogP contribution in [-0.2, 0) is 10.0 Å². The second kappa shape index (κ2) is 6.56. The number of aryl methyl sites for hydroxylation is 1. The molecule has 0 spiro atoms. The van der Waals surface area contributed by atoms with E-state index in [1.807, 2.05) is 32.8 Å². The molecule has 1 rings (SSSR count). The van der Waals surface area contributed by atoms with Crippen molar-refractivity contribution in [1.29, 1.82) is 0 Å². The number of nitrogens with two attached hydrogens (primary N) is 1.